The van der Waals surface area contributed by atoms with E-state index in [0.29, 0.717) is 6.54 Å². The van der Waals surface area contributed by atoms with Gasteiger partial charge < -0.3 is 10.6 Å². The maximum atomic E-state index is 12.5. The molecule has 2 aromatic rings. The number of carbonyl (C=O) groups excluding carboxylic acids is 1. The van der Waals surface area contributed by atoms with Crippen LogP contribution in [0, 0.1) is 0 Å². The van der Waals surface area contributed by atoms with Gasteiger partial charge >= 0.3 is 0 Å². The average molecular weight is 297 g/mol. The first kappa shape index (κ1) is 14.3. The van der Waals surface area contributed by atoms with E-state index in [9.17, 15) is 4.79 Å². The van der Waals surface area contributed by atoms with Crippen molar-refractivity contribution in [3.63, 3.8) is 0 Å². The van der Waals surface area contributed by atoms with Crippen molar-refractivity contribution in [2.75, 3.05) is 13.1 Å². The van der Waals surface area contributed by atoms with E-state index in [4.69, 9.17) is 5.73 Å². The molecule has 1 atom stereocenters. The smallest absolute Gasteiger partial charge is 0.264 e. The normalized spacial score (nSPS) is 18.6. The number of likely N-dealkylation sites (tertiary alicyclic amines) is 1. The summed E-state index contributed by atoms with van der Waals surface area (Å²) < 4.78 is 1.17. The molecule has 3 nitrogen and oxygen atoms in total. The van der Waals surface area contributed by atoms with Crippen molar-refractivity contribution < 1.29 is 4.79 Å². The Labute approximate surface area is 122 Å². The van der Waals surface area contributed by atoms with Crippen LogP contribution in [0.2, 0.25) is 0 Å². The van der Waals surface area contributed by atoms with Crippen molar-refractivity contribution in [1.29, 1.82) is 0 Å². The number of carbonyl (C=O) groups is 1. The Morgan fingerprint density at radius 1 is 1.42 bits per heavy atom. The molecule has 2 heterocycles. The molecule has 1 amide bonds. The molecule has 102 valence electrons. The highest BCUT2D eigenvalue weighted by Gasteiger charge is 2.29. The van der Waals surface area contributed by atoms with Crippen molar-refractivity contribution in [3.8, 4) is 0 Å². The van der Waals surface area contributed by atoms with Gasteiger partial charge in [-0.3, -0.25) is 4.79 Å². The second-order valence-corrected chi connectivity index (χ2v) is 5.76. The summed E-state index contributed by atoms with van der Waals surface area (Å²) >= 11 is 1.57. The van der Waals surface area contributed by atoms with Crippen LogP contribution in [0.15, 0.2) is 30.3 Å². The van der Waals surface area contributed by atoms with E-state index >= 15 is 0 Å². The molecule has 1 aromatic heterocycles. The van der Waals surface area contributed by atoms with Crippen LogP contribution < -0.4 is 5.73 Å². The van der Waals surface area contributed by atoms with Crippen LogP contribution in [0.25, 0.3) is 10.1 Å². The number of amides is 1. The maximum Gasteiger partial charge on any atom is 0.264 e. The molecule has 0 radical (unpaired) electrons. The lowest BCUT2D eigenvalue weighted by atomic mass is 10.2. The fraction of sp³-hybridized carbons (Fsp3) is 0.357. The standard InChI is InChI=1S/C14H16N2OS.ClH/c15-9-11-5-3-7-16(11)14(17)13-8-10-4-1-2-6-12(10)18-13;/h1-2,4,6,8,11H,3,5,7,9,15H2;1H. The van der Waals surface area contributed by atoms with Gasteiger partial charge in [0, 0.05) is 23.8 Å². The van der Waals surface area contributed by atoms with E-state index in [-0.39, 0.29) is 24.4 Å². The molecule has 3 rings (SSSR count). The molecular weight excluding hydrogens is 280 g/mol. The van der Waals surface area contributed by atoms with Gasteiger partial charge in [-0.05, 0) is 30.4 Å². The highest BCUT2D eigenvalue weighted by atomic mass is 35.5. The van der Waals surface area contributed by atoms with Crippen molar-refractivity contribution in [3.05, 3.63) is 35.2 Å². The molecule has 0 aliphatic carbocycles. The summed E-state index contributed by atoms with van der Waals surface area (Å²) in [5.41, 5.74) is 5.72. The Morgan fingerprint density at radius 2 is 2.21 bits per heavy atom. The van der Waals surface area contributed by atoms with E-state index in [2.05, 4.69) is 6.07 Å². The number of nitrogens with two attached hydrogens (primary N) is 1. The fourth-order valence-electron chi connectivity index (χ4n) is 2.58. The molecule has 1 saturated heterocycles. The van der Waals surface area contributed by atoms with Gasteiger partial charge in [0.15, 0.2) is 0 Å². The van der Waals surface area contributed by atoms with Gasteiger partial charge in [0.25, 0.3) is 5.91 Å². The zero-order valence-electron chi connectivity index (χ0n) is 10.5. The van der Waals surface area contributed by atoms with Gasteiger partial charge in [0.1, 0.15) is 0 Å². The van der Waals surface area contributed by atoms with Crippen molar-refractivity contribution in [2.24, 2.45) is 5.73 Å². The number of hydrogen-bond acceptors (Lipinski definition) is 3. The summed E-state index contributed by atoms with van der Waals surface area (Å²) in [6.45, 7) is 1.41. The first-order chi connectivity index (χ1) is 8.79. The molecule has 0 bridgehead atoms. The van der Waals surface area contributed by atoms with Gasteiger partial charge in [0.2, 0.25) is 0 Å². The summed E-state index contributed by atoms with van der Waals surface area (Å²) in [7, 11) is 0. The van der Waals surface area contributed by atoms with Gasteiger partial charge in [-0.25, -0.2) is 0 Å². The second-order valence-electron chi connectivity index (χ2n) is 4.68. The lowest BCUT2D eigenvalue weighted by Crippen LogP contribution is -2.39. The van der Waals surface area contributed by atoms with E-state index in [1.54, 1.807) is 11.3 Å². The van der Waals surface area contributed by atoms with E-state index in [1.807, 2.05) is 29.2 Å². The minimum atomic E-state index is 0. The maximum absolute atomic E-state index is 12.5. The van der Waals surface area contributed by atoms with Crippen LogP contribution in [-0.4, -0.2) is 29.9 Å². The number of nitrogens with zero attached hydrogens (tertiary/aromatic N) is 1. The van der Waals surface area contributed by atoms with E-state index in [1.165, 1.54) is 4.70 Å². The van der Waals surface area contributed by atoms with Crippen LogP contribution in [0.3, 0.4) is 0 Å². The Kier molecular flexibility index (Phi) is 4.45. The predicted octanol–water partition coefficient (Wildman–Crippen LogP) is 2.89. The Morgan fingerprint density at radius 3 is 2.95 bits per heavy atom. The number of hydrogen-bond donors (Lipinski definition) is 1. The van der Waals surface area contributed by atoms with Gasteiger partial charge in [0.05, 0.1) is 4.88 Å². The Hall–Kier alpha value is -1.10. The molecule has 1 aliphatic heterocycles. The summed E-state index contributed by atoms with van der Waals surface area (Å²) in [6, 6.07) is 10.3. The SMILES string of the molecule is Cl.NCC1CCCN1C(=O)c1cc2ccccc2s1. The molecule has 0 spiro atoms. The van der Waals surface area contributed by atoms with E-state index in [0.717, 1.165) is 29.6 Å². The minimum absolute atomic E-state index is 0. The Bertz CT molecular complexity index is 551. The highest BCUT2D eigenvalue weighted by molar-refractivity contribution is 7.20. The van der Waals surface area contributed by atoms with Gasteiger partial charge in [-0.1, -0.05) is 18.2 Å². The summed E-state index contributed by atoms with van der Waals surface area (Å²) in [5, 5.41) is 1.15. The summed E-state index contributed by atoms with van der Waals surface area (Å²) in [6.07, 6.45) is 2.10. The first-order valence-corrected chi connectivity index (χ1v) is 7.11. The van der Waals surface area contributed by atoms with Crippen molar-refractivity contribution in [2.45, 2.75) is 18.9 Å². The molecule has 1 aromatic carbocycles. The number of rotatable bonds is 2. The topological polar surface area (TPSA) is 46.3 Å². The minimum Gasteiger partial charge on any atom is -0.334 e. The van der Waals surface area contributed by atoms with Crippen LogP contribution in [-0.2, 0) is 0 Å². The number of halogens is 1. The summed E-state index contributed by atoms with van der Waals surface area (Å²) in [4.78, 5) is 15.2. The third kappa shape index (κ3) is 2.61. The lowest BCUT2D eigenvalue weighted by molar-refractivity contribution is 0.0746. The quantitative estimate of drug-likeness (QED) is 0.926. The third-order valence-corrected chi connectivity index (χ3v) is 4.65. The zero-order chi connectivity index (χ0) is 12.5. The molecule has 5 heteroatoms. The molecular formula is C14H17ClN2OS. The average Bonchev–Trinajstić information content (AvgIpc) is 3.03. The van der Waals surface area contributed by atoms with Crippen molar-refractivity contribution >= 4 is 39.7 Å². The van der Waals surface area contributed by atoms with E-state index < -0.39 is 0 Å². The molecule has 0 saturated carbocycles. The highest BCUT2D eigenvalue weighted by Crippen LogP contribution is 2.28. The Balaban J connectivity index is 0.00000133. The molecule has 1 fully saturated rings. The van der Waals surface area contributed by atoms with Gasteiger partial charge in [-0.15, -0.1) is 23.7 Å². The zero-order valence-corrected chi connectivity index (χ0v) is 12.2. The fourth-order valence-corrected chi connectivity index (χ4v) is 3.60. The monoisotopic (exact) mass is 296 g/mol. The molecule has 2 N–H and O–H groups in total. The van der Waals surface area contributed by atoms with Crippen LogP contribution in [0.4, 0.5) is 0 Å². The number of fused-ring (bicyclic) bond motifs is 1. The van der Waals surface area contributed by atoms with Gasteiger partial charge in [-0.2, -0.15) is 0 Å². The molecule has 19 heavy (non-hydrogen) atoms. The molecule has 1 aliphatic rings. The lowest BCUT2D eigenvalue weighted by Gasteiger charge is -2.22. The first-order valence-electron chi connectivity index (χ1n) is 6.29. The third-order valence-electron chi connectivity index (χ3n) is 3.55. The summed E-state index contributed by atoms with van der Waals surface area (Å²) in [5.74, 6) is 0.143. The van der Waals surface area contributed by atoms with Crippen LogP contribution in [0.5, 0.6) is 0 Å². The van der Waals surface area contributed by atoms with Crippen molar-refractivity contribution in [1.82, 2.24) is 4.90 Å². The molecule has 1 unspecified atom stereocenters. The second kappa shape index (κ2) is 5.90. The number of thiophene rings is 1. The van der Waals surface area contributed by atoms with Crippen LogP contribution in [0.1, 0.15) is 22.5 Å². The largest absolute Gasteiger partial charge is 0.334 e. The predicted molar refractivity (Wildman–Crippen MR) is 82.2 cm³/mol. The van der Waals surface area contributed by atoms with Crippen LogP contribution >= 0.6 is 23.7 Å². The number of benzene rings is 1.